The summed E-state index contributed by atoms with van der Waals surface area (Å²) in [6, 6.07) is 20.7. The molecule has 2 aromatic heterocycles. The Labute approximate surface area is 186 Å². The van der Waals surface area contributed by atoms with E-state index in [9.17, 15) is 4.79 Å². The van der Waals surface area contributed by atoms with Crippen LogP contribution in [0.4, 0.5) is 5.69 Å². The second kappa shape index (κ2) is 9.16. The van der Waals surface area contributed by atoms with E-state index in [2.05, 4.69) is 10.3 Å². The van der Waals surface area contributed by atoms with E-state index in [-0.39, 0.29) is 12.0 Å². The lowest BCUT2D eigenvalue weighted by molar-refractivity contribution is 0.0680. The molecule has 4 aromatic rings. The predicted molar refractivity (Wildman–Crippen MR) is 124 cm³/mol. The molecule has 160 valence electrons. The van der Waals surface area contributed by atoms with Crippen LogP contribution < -0.4 is 10.1 Å². The fraction of sp³-hybridized carbons (Fsp3) is 0.192. The molecule has 0 saturated carbocycles. The molecule has 6 heteroatoms. The van der Waals surface area contributed by atoms with Crippen LogP contribution in [-0.4, -0.2) is 35.2 Å². The van der Waals surface area contributed by atoms with E-state index < -0.39 is 0 Å². The highest BCUT2D eigenvalue weighted by Crippen LogP contribution is 2.26. The molecule has 6 nitrogen and oxygen atoms in total. The molecule has 0 radical (unpaired) electrons. The molecule has 1 atom stereocenters. The highest BCUT2D eigenvalue weighted by atomic mass is 16.5. The summed E-state index contributed by atoms with van der Waals surface area (Å²) >= 11 is 0. The average Bonchev–Trinajstić information content (AvgIpc) is 3.37. The number of hydrogen-bond donors (Lipinski definition) is 1. The summed E-state index contributed by atoms with van der Waals surface area (Å²) in [7, 11) is 0. The molecule has 1 aliphatic rings. The number of carbonyl (C=O) groups is 1. The summed E-state index contributed by atoms with van der Waals surface area (Å²) in [4.78, 5) is 22.1. The molecule has 0 spiro atoms. The number of nitrogens with one attached hydrogen (secondary N) is 1. The zero-order chi connectivity index (χ0) is 21.8. The molecule has 1 aliphatic heterocycles. The number of rotatable bonds is 6. The fourth-order valence-corrected chi connectivity index (χ4v) is 3.86. The van der Waals surface area contributed by atoms with Crippen molar-refractivity contribution in [1.29, 1.82) is 0 Å². The van der Waals surface area contributed by atoms with Crippen molar-refractivity contribution in [1.82, 2.24) is 9.97 Å². The number of amides is 1. The van der Waals surface area contributed by atoms with Gasteiger partial charge in [0, 0.05) is 41.7 Å². The third kappa shape index (κ3) is 4.45. The number of para-hydroxylation sites is 1. The lowest BCUT2D eigenvalue weighted by Gasteiger charge is -2.13. The molecule has 0 bridgehead atoms. The van der Waals surface area contributed by atoms with Gasteiger partial charge >= 0.3 is 0 Å². The van der Waals surface area contributed by atoms with E-state index in [4.69, 9.17) is 14.5 Å². The van der Waals surface area contributed by atoms with Crippen molar-refractivity contribution in [2.24, 2.45) is 0 Å². The Hall–Kier alpha value is -3.77. The van der Waals surface area contributed by atoms with Crippen LogP contribution in [0.25, 0.3) is 22.2 Å². The number of ether oxygens (including phenoxy) is 2. The Balaban J connectivity index is 1.40. The van der Waals surface area contributed by atoms with E-state index >= 15 is 0 Å². The number of fused-ring (bicyclic) bond motifs is 1. The zero-order valence-electron chi connectivity index (χ0n) is 17.5. The second-order valence-electron chi connectivity index (χ2n) is 7.74. The Bertz CT molecular complexity index is 1240. The van der Waals surface area contributed by atoms with Gasteiger partial charge in [0.1, 0.15) is 12.4 Å². The van der Waals surface area contributed by atoms with Crippen molar-refractivity contribution in [2.75, 3.05) is 18.5 Å². The standard InChI is InChI=1S/C26H23N3O3/c30-26(28-19-5-3-6-20(15-19)32-17-21-7-4-14-31-21)23-16-25(18-10-12-27-13-11-18)29-24-9-2-1-8-22(23)24/h1-3,5-6,8-13,15-16,21H,4,7,14,17H2,(H,28,30)/t21-/m1/s1. The van der Waals surface area contributed by atoms with E-state index in [1.165, 1.54) is 0 Å². The Morgan fingerprint density at radius 3 is 2.78 bits per heavy atom. The molecule has 1 N–H and O–H groups in total. The molecule has 1 amide bonds. The van der Waals surface area contributed by atoms with Crippen molar-refractivity contribution in [3.63, 3.8) is 0 Å². The highest BCUT2D eigenvalue weighted by Gasteiger charge is 2.17. The molecule has 2 aromatic carbocycles. The number of benzene rings is 2. The molecular formula is C26H23N3O3. The summed E-state index contributed by atoms with van der Waals surface area (Å²) in [5, 5.41) is 3.81. The van der Waals surface area contributed by atoms with Crippen molar-refractivity contribution < 1.29 is 14.3 Å². The minimum absolute atomic E-state index is 0.142. The topological polar surface area (TPSA) is 73.3 Å². The normalized spacial score (nSPS) is 15.6. The van der Waals surface area contributed by atoms with Crippen LogP contribution in [0, 0.1) is 0 Å². The number of nitrogens with zero attached hydrogens (tertiary/aromatic N) is 2. The maximum Gasteiger partial charge on any atom is 0.256 e. The third-order valence-corrected chi connectivity index (χ3v) is 5.49. The minimum Gasteiger partial charge on any atom is -0.491 e. The second-order valence-corrected chi connectivity index (χ2v) is 7.74. The molecular weight excluding hydrogens is 402 g/mol. The van der Waals surface area contributed by atoms with Gasteiger partial charge in [-0.1, -0.05) is 24.3 Å². The Morgan fingerprint density at radius 2 is 1.94 bits per heavy atom. The van der Waals surface area contributed by atoms with Crippen LogP contribution in [0.5, 0.6) is 5.75 Å². The summed E-state index contributed by atoms with van der Waals surface area (Å²) in [5.74, 6) is 0.505. The van der Waals surface area contributed by atoms with Crippen molar-refractivity contribution in [3.05, 3.63) is 84.7 Å². The van der Waals surface area contributed by atoms with Gasteiger partial charge in [0.25, 0.3) is 5.91 Å². The Kier molecular flexibility index (Phi) is 5.77. The smallest absolute Gasteiger partial charge is 0.256 e. The van der Waals surface area contributed by atoms with Gasteiger partial charge in [-0.05, 0) is 49.2 Å². The summed E-state index contributed by atoms with van der Waals surface area (Å²) in [5.41, 5.74) is 3.63. The van der Waals surface area contributed by atoms with Gasteiger partial charge in [-0.2, -0.15) is 0 Å². The first-order valence-electron chi connectivity index (χ1n) is 10.7. The van der Waals surface area contributed by atoms with E-state index in [1.807, 2.05) is 66.7 Å². The molecule has 32 heavy (non-hydrogen) atoms. The van der Waals surface area contributed by atoms with Gasteiger partial charge in [0.05, 0.1) is 22.9 Å². The number of hydrogen-bond acceptors (Lipinski definition) is 5. The van der Waals surface area contributed by atoms with Crippen LogP contribution in [0.3, 0.4) is 0 Å². The van der Waals surface area contributed by atoms with Crippen LogP contribution >= 0.6 is 0 Å². The maximum absolute atomic E-state index is 13.3. The summed E-state index contributed by atoms with van der Waals surface area (Å²) < 4.78 is 11.5. The van der Waals surface area contributed by atoms with Crippen molar-refractivity contribution in [2.45, 2.75) is 18.9 Å². The molecule has 3 heterocycles. The summed E-state index contributed by atoms with van der Waals surface area (Å²) in [6.45, 7) is 1.31. The van der Waals surface area contributed by atoms with Gasteiger partial charge < -0.3 is 14.8 Å². The van der Waals surface area contributed by atoms with E-state index in [0.717, 1.165) is 41.6 Å². The van der Waals surface area contributed by atoms with E-state index in [0.29, 0.717) is 23.6 Å². The number of pyridine rings is 2. The monoisotopic (exact) mass is 425 g/mol. The van der Waals surface area contributed by atoms with Crippen LogP contribution in [0.15, 0.2) is 79.1 Å². The first kappa shape index (κ1) is 20.2. The molecule has 1 saturated heterocycles. The molecule has 0 aliphatic carbocycles. The Morgan fingerprint density at radius 1 is 1.06 bits per heavy atom. The summed E-state index contributed by atoms with van der Waals surface area (Å²) in [6.07, 6.45) is 5.67. The first-order chi connectivity index (χ1) is 15.8. The van der Waals surface area contributed by atoms with Crippen molar-refractivity contribution >= 4 is 22.5 Å². The third-order valence-electron chi connectivity index (χ3n) is 5.49. The van der Waals surface area contributed by atoms with Gasteiger partial charge in [-0.15, -0.1) is 0 Å². The fourth-order valence-electron chi connectivity index (χ4n) is 3.86. The molecule has 1 fully saturated rings. The SMILES string of the molecule is O=C(Nc1cccc(OC[C@H]2CCCO2)c1)c1cc(-c2ccncc2)nc2ccccc12. The van der Waals surface area contributed by atoms with Crippen LogP contribution in [-0.2, 0) is 4.74 Å². The minimum atomic E-state index is -0.199. The number of aromatic nitrogens is 2. The average molecular weight is 425 g/mol. The lowest BCUT2D eigenvalue weighted by atomic mass is 10.0. The maximum atomic E-state index is 13.3. The largest absolute Gasteiger partial charge is 0.491 e. The van der Waals surface area contributed by atoms with Crippen LogP contribution in [0.2, 0.25) is 0 Å². The predicted octanol–water partition coefficient (Wildman–Crippen LogP) is 5.11. The number of carbonyl (C=O) groups excluding carboxylic acids is 1. The van der Waals surface area contributed by atoms with Crippen molar-refractivity contribution in [3.8, 4) is 17.0 Å². The van der Waals surface area contributed by atoms with E-state index in [1.54, 1.807) is 12.4 Å². The molecule has 5 rings (SSSR count). The quantitative estimate of drug-likeness (QED) is 0.465. The van der Waals surface area contributed by atoms with Crippen LogP contribution in [0.1, 0.15) is 23.2 Å². The lowest BCUT2D eigenvalue weighted by Crippen LogP contribution is -2.16. The van der Waals surface area contributed by atoms with Gasteiger partial charge in [-0.3, -0.25) is 9.78 Å². The van der Waals surface area contributed by atoms with Gasteiger partial charge in [0.15, 0.2) is 0 Å². The van der Waals surface area contributed by atoms with Gasteiger partial charge in [0.2, 0.25) is 0 Å². The zero-order valence-corrected chi connectivity index (χ0v) is 17.5. The molecule has 0 unspecified atom stereocenters. The highest BCUT2D eigenvalue weighted by molar-refractivity contribution is 6.13. The van der Waals surface area contributed by atoms with Gasteiger partial charge in [-0.25, -0.2) is 4.98 Å². The number of anilines is 1. The first-order valence-corrected chi connectivity index (χ1v) is 10.7.